The molecule has 0 spiro atoms. The van der Waals surface area contributed by atoms with Crippen LogP contribution < -0.4 is 0 Å². The van der Waals surface area contributed by atoms with Crippen molar-refractivity contribution in [2.45, 2.75) is 168 Å². The minimum absolute atomic E-state index is 0.773. The van der Waals surface area contributed by atoms with Crippen LogP contribution in [0.4, 0.5) is 4.79 Å². The monoisotopic (exact) mass is 488 g/mol. The van der Waals surface area contributed by atoms with E-state index in [2.05, 4.69) is 13.8 Å². The first-order valence-electron chi connectivity index (χ1n) is 14.8. The second kappa shape index (κ2) is 34.4. The van der Waals surface area contributed by atoms with E-state index in [9.17, 15) is 0 Å². The van der Waals surface area contributed by atoms with Crippen molar-refractivity contribution in [2.75, 3.05) is 13.2 Å². The highest BCUT2D eigenvalue weighted by molar-refractivity contribution is 5.53. The van der Waals surface area contributed by atoms with E-state index in [1.165, 1.54) is 141 Å². The molecule has 0 aromatic carbocycles. The van der Waals surface area contributed by atoms with Crippen LogP contribution in [0.15, 0.2) is 0 Å². The smallest absolute Gasteiger partial charge is 0.450 e. The van der Waals surface area contributed by atoms with E-state index < -0.39 is 6.16 Å². The summed E-state index contributed by atoms with van der Waals surface area (Å²) in [6.07, 6.45) is 31.4. The minimum Gasteiger partial charge on any atom is -0.450 e. The van der Waals surface area contributed by atoms with Crippen LogP contribution in [0.2, 0.25) is 0 Å². The predicted octanol–water partition coefficient (Wildman–Crippen LogP) is 10.6. The van der Waals surface area contributed by atoms with E-state index in [0.717, 1.165) is 26.1 Å². The number of carboxylic acid groups (broad SMARTS) is 2. The normalized spacial score (nSPS) is 10.8. The molecule has 0 aliphatic rings. The Bertz CT molecular complexity index is 330. The molecule has 206 valence electrons. The van der Waals surface area contributed by atoms with Crippen molar-refractivity contribution in [3.63, 3.8) is 0 Å². The lowest BCUT2D eigenvalue weighted by atomic mass is 10.1. The van der Waals surface area contributed by atoms with Crippen LogP contribution in [-0.4, -0.2) is 29.6 Å². The maximum Gasteiger partial charge on any atom is 0.503 e. The Labute approximate surface area is 212 Å². The Morgan fingerprint density at radius 2 is 0.588 bits per heavy atom. The number of hydrogen-bond acceptors (Lipinski definition) is 3. The highest BCUT2D eigenvalue weighted by atomic mass is 17.2. The van der Waals surface area contributed by atoms with E-state index in [4.69, 9.17) is 24.8 Å². The molecule has 0 fully saturated rings. The maximum atomic E-state index is 8.56. The number of hydrogen-bond donors (Lipinski definition) is 2. The van der Waals surface area contributed by atoms with Gasteiger partial charge in [0.25, 0.3) is 0 Å². The SMILES string of the molecule is CCCCCCCCCCCCCCOOCCCCCCCCCCCCCC.O=C(O)O. The van der Waals surface area contributed by atoms with Crippen molar-refractivity contribution in [3.8, 4) is 0 Å². The van der Waals surface area contributed by atoms with Gasteiger partial charge in [-0.25, -0.2) is 14.6 Å². The third-order valence-corrected chi connectivity index (χ3v) is 6.25. The molecule has 0 aromatic rings. The number of rotatable bonds is 27. The summed E-state index contributed by atoms with van der Waals surface area (Å²) < 4.78 is 0. The Morgan fingerprint density at radius 1 is 0.412 bits per heavy atom. The van der Waals surface area contributed by atoms with Crippen molar-refractivity contribution >= 4 is 6.16 Å². The molecule has 5 nitrogen and oxygen atoms in total. The summed E-state index contributed by atoms with van der Waals surface area (Å²) in [5.74, 6) is 0. The van der Waals surface area contributed by atoms with Crippen LogP contribution in [0.1, 0.15) is 168 Å². The van der Waals surface area contributed by atoms with Crippen LogP contribution in [0.3, 0.4) is 0 Å². The highest BCUT2D eigenvalue weighted by Crippen LogP contribution is 2.13. The molecule has 0 atom stereocenters. The highest BCUT2D eigenvalue weighted by Gasteiger charge is 1.96. The van der Waals surface area contributed by atoms with Gasteiger partial charge in [-0.05, 0) is 12.8 Å². The molecule has 0 rings (SSSR count). The van der Waals surface area contributed by atoms with Gasteiger partial charge in [-0.15, -0.1) is 0 Å². The summed E-state index contributed by atoms with van der Waals surface area (Å²) in [4.78, 5) is 19.2. The third kappa shape index (κ3) is 41.4. The van der Waals surface area contributed by atoms with E-state index in [-0.39, 0.29) is 0 Å². The summed E-state index contributed by atoms with van der Waals surface area (Å²) in [7, 11) is 0. The van der Waals surface area contributed by atoms with Gasteiger partial charge in [0.1, 0.15) is 0 Å². The molecule has 0 saturated carbocycles. The maximum absolute atomic E-state index is 8.56. The van der Waals surface area contributed by atoms with Gasteiger partial charge in [-0.2, -0.15) is 0 Å². The molecule has 0 aliphatic carbocycles. The average Bonchev–Trinajstić information content (AvgIpc) is 2.81. The summed E-state index contributed by atoms with van der Waals surface area (Å²) in [6.45, 7) is 6.12. The first kappa shape index (κ1) is 35.4. The van der Waals surface area contributed by atoms with E-state index in [1.807, 2.05) is 0 Å². The molecule has 0 unspecified atom stereocenters. The van der Waals surface area contributed by atoms with Gasteiger partial charge in [-0.1, -0.05) is 155 Å². The van der Waals surface area contributed by atoms with E-state index >= 15 is 0 Å². The average molecular weight is 489 g/mol. The summed E-state index contributed by atoms with van der Waals surface area (Å²) >= 11 is 0. The molecular formula is C29H60O5. The van der Waals surface area contributed by atoms with Gasteiger partial charge >= 0.3 is 6.16 Å². The molecule has 0 saturated heterocycles. The van der Waals surface area contributed by atoms with Crippen LogP contribution in [0.25, 0.3) is 0 Å². The van der Waals surface area contributed by atoms with Crippen LogP contribution in [-0.2, 0) is 9.78 Å². The fourth-order valence-electron chi connectivity index (χ4n) is 4.12. The molecule has 0 radical (unpaired) electrons. The zero-order chi connectivity index (χ0) is 25.4. The van der Waals surface area contributed by atoms with Crippen LogP contribution >= 0.6 is 0 Å². The summed E-state index contributed by atoms with van der Waals surface area (Å²) in [5, 5.41) is 13.9. The first-order chi connectivity index (χ1) is 16.6. The molecule has 0 bridgehead atoms. The second-order valence-corrected chi connectivity index (χ2v) is 9.70. The van der Waals surface area contributed by atoms with Crippen molar-refractivity contribution in [2.24, 2.45) is 0 Å². The molecule has 34 heavy (non-hydrogen) atoms. The first-order valence-corrected chi connectivity index (χ1v) is 14.8. The molecule has 0 aromatic heterocycles. The van der Waals surface area contributed by atoms with Crippen molar-refractivity contribution in [1.82, 2.24) is 0 Å². The van der Waals surface area contributed by atoms with Gasteiger partial charge < -0.3 is 10.2 Å². The van der Waals surface area contributed by atoms with Crippen molar-refractivity contribution in [3.05, 3.63) is 0 Å². The Morgan fingerprint density at radius 3 is 0.794 bits per heavy atom. The van der Waals surface area contributed by atoms with Crippen LogP contribution in [0.5, 0.6) is 0 Å². The number of carbonyl (C=O) groups is 1. The zero-order valence-electron chi connectivity index (χ0n) is 23.0. The van der Waals surface area contributed by atoms with Gasteiger partial charge in [0.05, 0.1) is 13.2 Å². The fraction of sp³-hybridized carbons (Fsp3) is 0.966. The fourth-order valence-corrected chi connectivity index (χ4v) is 4.12. The quantitative estimate of drug-likeness (QED) is 0.0683. The largest absolute Gasteiger partial charge is 0.503 e. The zero-order valence-corrected chi connectivity index (χ0v) is 23.0. The van der Waals surface area contributed by atoms with Gasteiger partial charge in [0.15, 0.2) is 0 Å². The summed E-state index contributed by atoms with van der Waals surface area (Å²) in [6, 6.07) is 0. The van der Waals surface area contributed by atoms with Gasteiger partial charge in [-0.3, -0.25) is 0 Å². The van der Waals surface area contributed by atoms with Gasteiger partial charge in [0.2, 0.25) is 0 Å². The molecule has 0 amide bonds. The van der Waals surface area contributed by atoms with E-state index in [1.54, 1.807) is 0 Å². The Hall–Kier alpha value is -0.810. The molecule has 5 heteroatoms. The second-order valence-electron chi connectivity index (χ2n) is 9.70. The molecule has 2 N–H and O–H groups in total. The Balaban J connectivity index is 0. The lowest BCUT2D eigenvalue weighted by Crippen LogP contribution is -1.99. The Kier molecular flexibility index (Phi) is 35.7. The van der Waals surface area contributed by atoms with Crippen molar-refractivity contribution < 1.29 is 24.8 Å². The third-order valence-electron chi connectivity index (χ3n) is 6.25. The molecule has 0 aliphatic heterocycles. The van der Waals surface area contributed by atoms with Crippen molar-refractivity contribution in [1.29, 1.82) is 0 Å². The topological polar surface area (TPSA) is 76.0 Å². The van der Waals surface area contributed by atoms with E-state index in [0.29, 0.717) is 0 Å². The lowest BCUT2D eigenvalue weighted by molar-refractivity contribution is -0.295. The molecular weight excluding hydrogens is 428 g/mol. The number of unbranched alkanes of at least 4 members (excludes halogenated alkanes) is 22. The summed E-state index contributed by atoms with van der Waals surface area (Å²) in [5.41, 5.74) is 0. The minimum atomic E-state index is -1.83. The standard InChI is InChI=1S/C28H58O2.CH2O3/c1-3-5-7-9-11-13-15-17-19-21-23-25-27-29-30-28-26-24-22-20-18-16-14-12-10-8-6-4-2;2-1(3)4/h3-28H2,1-2H3;(H2,2,3,4). The predicted molar refractivity (Wildman–Crippen MR) is 145 cm³/mol. The van der Waals surface area contributed by atoms with Gasteiger partial charge in [0, 0.05) is 0 Å². The molecule has 0 heterocycles. The van der Waals surface area contributed by atoms with Crippen LogP contribution in [0, 0.1) is 0 Å². The lowest BCUT2D eigenvalue weighted by Gasteiger charge is -2.05.